The van der Waals surface area contributed by atoms with Gasteiger partial charge in [0.05, 0.1) is 30.4 Å². The van der Waals surface area contributed by atoms with Gasteiger partial charge >= 0.3 is 5.97 Å². The largest absolute Gasteiger partial charge is 0.481 e. The second kappa shape index (κ2) is 6.26. The fourth-order valence-electron chi connectivity index (χ4n) is 2.98. The Morgan fingerprint density at radius 3 is 2.70 bits per heavy atom. The molecule has 0 saturated carbocycles. The molecular weight excluding hydrogens is 298 g/mol. The predicted octanol–water partition coefficient (Wildman–Crippen LogP) is 0.832. The van der Waals surface area contributed by atoms with E-state index in [0.29, 0.717) is 24.5 Å². The van der Waals surface area contributed by atoms with Crippen molar-refractivity contribution in [3.05, 3.63) is 23.8 Å². The zero-order valence-corrected chi connectivity index (χ0v) is 12.6. The molecule has 1 unspecified atom stereocenters. The molecule has 1 aromatic carbocycles. The number of morpholine rings is 1. The van der Waals surface area contributed by atoms with Crippen LogP contribution >= 0.6 is 0 Å². The number of ether oxygens (including phenoxy) is 1. The molecule has 2 aliphatic rings. The Hall–Kier alpha value is -2.59. The second-order valence-electron chi connectivity index (χ2n) is 5.66. The maximum Gasteiger partial charge on any atom is 0.308 e. The monoisotopic (exact) mass is 315 g/mol. The zero-order chi connectivity index (χ0) is 16.4. The molecule has 1 atom stereocenters. The smallest absolute Gasteiger partial charge is 0.308 e. The number of carbonyl (C=O) groups is 2. The SMILES string of the molecule is N#Cc1cc(N2CC(C(=O)O)CC2=O)ccc1N1CCOCC1. The molecule has 1 aromatic rings. The van der Waals surface area contributed by atoms with Gasteiger partial charge in [0.1, 0.15) is 6.07 Å². The average Bonchev–Trinajstić information content (AvgIpc) is 2.97. The van der Waals surface area contributed by atoms with Crippen LogP contribution in [0.2, 0.25) is 0 Å². The van der Waals surface area contributed by atoms with E-state index < -0.39 is 11.9 Å². The van der Waals surface area contributed by atoms with Crippen LogP contribution in [0.25, 0.3) is 0 Å². The lowest BCUT2D eigenvalue weighted by Crippen LogP contribution is -2.36. The Bertz CT molecular complexity index is 676. The van der Waals surface area contributed by atoms with E-state index in [2.05, 4.69) is 11.0 Å². The summed E-state index contributed by atoms with van der Waals surface area (Å²) < 4.78 is 5.31. The first-order chi connectivity index (χ1) is 11.1. The maximum absolute atomic E-state index is 12.0. The third-order valence-electron chi connectivity index (χ3n) is 4.24. The molecule has 2 fully saturated rings. The van der Waals surface area contributed by atoms with Gasteiger partial charge < -0.3 is 19.6 Å². The van der Waals surface area contributed by atoms with Gasteiger partial charge in [-0.3, -0.25) is 9.59 Å². The Balaban J connectivity index is 1.86. The van der Waals surface area contributed by atoms with Crippen LogP contribution in [0, 0.1) is 17.2 Å². The van der Waals surface area contributed by atoms with Crippen molar-refractivity contribution in [3.8, 4) is 6.07 Å². The molecule has 1 amide bonds. The first-order valence-corrected chi connectivity index (χ1v) is 7.50. The minimum absolute atomic E-state index is 0.00242. The van der Waals surface area contributed by atoms with Crippen LogP contribution in [-0.2, 0) is 14.3 Å². The van der Waals surface area contributed by atoms with E-state index in [-0.39, 0.29) is 18.9 Å². The van der Waals surface area contributed by atoms with Crippen molar-refractivity contribution in [1.29, 1.82) is 5.26 Å². The van der Waals surface area contributed by atoms with E-state index >= 15 is 0 Å². The number of carbonyl (C=O) groups excluding carboxylic acids is 1. The topological polar surface area (TPSA) is 93.9 Å². The highest BCUT2D eigenvalue weighted by molar-refractivity contribution is 5.99. The highest BCUT2D eigenvalue weighted by Gasteiger charge is 2.35. The van der Waals surface area contributed by atoms with Gasteiger partial charge in [0, 0.05) is 31.7 Å². The summed E-state index contributed by atoms with van der Waals surface area (Å²) in [7, 11) is 0. The van der Waals surface area contributed by atoms with E-state index in [1.807, 2.05) is 6.07 Å². The van der Waals surface area contributed by atoms with Gasteiger partial charge in [-0.1, -0.05) is 0 Å². The molecule has 0 aromatic heterocycles. The van der Waals surface area contributed by atoms with Crippen LogP contribution in [0.4, 0.5) is 11.4 Å². The Morgan fingerprint density at radius 2 is 2.09 bits per heavy atom. The second-order valence-corrected chi connectivity index (χ2v) is 5.66. The lowest BCUT2D eigenvalue weighted by Gasteiger charge is -2.30. The van der Waals surface area contributed by atoms with Crippen LogP contribution < -0.4 is 9.80 Å². The fraction of sp³-hybridized carbons (Fsp3) is 0.438. The van der Waals surface area contributed by atoms with Crippen molar-refractivity contribution in [2.75, 3.05) is 42.6 Å². The average molecular weight is 315 g/mol. The minimum atomic E-state index is -0.966. The molecule has 7 nitrogen and oxygen atoms in total. The molecule has 3 rings (SSSR count). The quantitative estimate of drug-likeness (QED) is 0.888. The van der Waals surface area contributed by atoms with E-state index in [1.165, 1.54) is 4.90 Å². The first kappa shape index (κ1) is 15.3. The number of carboxylic acids is 1. The van der Waals surface area contributed by atoms with Gasteiger partial charge in [-0.25, -0.2) is 0 Å². The van der Waals surface area contributed by atoms with Gasteiger partial charge in [-0.15, -0.1) is 0 Å². The number of nitriles is 1. The van der Waals surface area contributed by atoms with Gasteiger partial charge in [-0.05, 0) is 18.2 Å². The zero-order valence-electron chi connectivity index (χ0n) is 12.6. The number of nitrogens with zero attached hydrogens (tertiary/aromatic N) is 3. The van der Waals surface area contributed by atoms with Gasteiger partial charge in [0.2, 0.25) is 5.91 Å². The molecule has 2 aliphatic heterocycles. The molecule has 7 heteroatoms. The summed E-state index contributed by atoms with van der Waals surface area (Å²) in [6.07, 6.45) is 0.00242. The predicted molar refractivity (Wildman–Crippen MR) is 82.3 cm³/mol. The van der Waals surface area contributed by atoms with Gasteiger partial charge in [0.15, 0.2) is 0 Å². The van der Waals surface area contributed by atoms with Crippen LogP contribution in [0.5, 0.6) is 0 Å². The summed E-state index contributed by atoms with van der Waals surface area (Å²) in [4.78, 5) is 26.6. The summed E-state index contributed by atoms with van der Waals surface area (Å²) in [5.74, 6) is -1.88. The van der Waals surface area contributed by atoms with Gasteiger partial charge in [0.25, 0.3) is 0 Å². The molecule has 1 N–H and O–H groups in total. The van der Waals surface area contributed by atoms with Crippen molar-refractivity contribution in [2.24, 2.45) is 5.92 Å². The normalized spacial score (nSPS) is 21.3. The van der Waals surface area contributed by atoms with Crippen molar-refractivity contribution in [1.82, 2.24) is 0 Å². The molecule has 120 valence electrons. The molecule has 0 aliphatic carbocycles. The van der Waals surface area contributed by atoms with E-state index in [1.54, 1.807) is 12.1 Å². The number of amides is 1. The van der Waals surface area contributed by atoms with Crippen LogP contribution in [0.15, 0.2) is 18.2 Å². The summed E-state index contributed by atoms with van der Waals surface area (Å²) in [6.45, 7) is 2.83. The molecule has 2 heterocycles. The van der Waals surface area contributed by atoms with Crippen molar-refractivity contribution in [3.63, 3.8) is 0 Å². The van der Waals surface area contributed by atoms with E-state index in [9.17, 15) is 14.9 Å². The lowest BCUT2D eigenvalue weighted by atomic mass is 10.1. The Labute approximate surface area is 133 Å². The van der Waals surface area contributed by atoms with Crippen molar-refractivity contribution >= 4 is 23.3 Å². The number of benzene rings is 1. The van der Waals surface area contributed by atoms with Crippen LogP contribution in [0.1, 0.15) is 12.0 Å². The third-order valence-corrected chi connectivity index (χ3v) is 4.24. The van der Waals surface area contributed by atoms with E-state index in [4.69, 9.17) is 9.84 Å². The standard InChI is InChI=1S/C16H17N3O4/c17-9-11-7-13(19-10-12(16(21)22)8-15(19)20)1-2-14(11)18-3-5-23-6-4-18/h1-2,7,12H,3-6,8,10H2,(H,21,22). The number of anilines is 2. The number of rotatable bonds is 3. The molecule has 2 saturated heterocycles. The van der Waals surface area contributed by atoms with Crippen LogP contribution in [-0.4, -0.2) is 49.8 Å². The Morgan fingerprint density at radius 1 is 1.35 bits per heavy atom. The molecule has 0 spiro atoms. The molecule has 0 radical (unpaired) electrons. The summed E-state index contributed by atoms with van der Waals surface area (Å²) in [5, 5.41) is 18.5. The number of hydrogen-bond donors (Lipinski definition) is 1. The van der Waals surface area contributed by atoms with Gasteiger partial charge in [-0.2, -0.15) is 5.26 Å². The lowest BCUT2D eigenvalue weighted by molar-refractivity contribution is -0.141. The third kappa shape index (κ3) is 2.98. The van der Waals surface area contributed by atoms with E-state index in [0.717, 1.165) is 18.8 Å². The minimum Gasteiger partial charge on any atom is -0.481 e. The van der Waals surface area contributed by atoms with Crippen molar-refractivity contribution < 1.29 is 19.4 Å². The van der Waals surface area contributed by atoms with Crippen LogP contribution in [0.3, 0.4) is 0 Å². The highest BCUT2D eigenvalue weighted by atomic mass is 16.5. The highest BCUT2D eigenvalue weighted by Crippen LogP contribution is 2.30. The molecule has 0 bridgehead atoms. The van der Waals surface area contributed by atoms with Crippen molar-refractivity contribution in [2.45, 2.75) is 6.42 Å². The Kier molecular flexibility index (Phi) is 4.17. The first-order valence-electron chi connectivity index (χ1n) is 7.50. The maximum atomic E-state index is 12.0. The summed E-state index contributed by atoms with van der Waals surface area (Å²) in [5.41, 5.74) is 1.88. The number of aliphatic carboxylic acids is 1. The molecular formula is C16H17N3O4. The summed E-state index contributed by atoms with van der Waals surface area (Å²) in [6, 6.07) is 7.42. The summed E-state index contributed by atoms with van der Waals surface area (Å²) >= 11 is 0. The number of hydrogen-bond acceptors (Lipinski definition) is 5. The number of carboxylic acid groups (broad SMARTS) is 1. The molecule has 23 heavy (non-hydrogen) atoms. The fourth-order valence-corrected chi connectivity index (χ4v) is 2.98.